The fourth-order valence-electron chi connectivity index (χ4n) is 1.85. The van der Waals surface area contributed by atoms with Gasteiger partial charge in [0.2, 0.25) is 0 Å². The van der Waals surface area contributed by atoms with Gasteiger partial charge in [-0.1, -0.05) is 0 Å². The summed E-state index contributed by atoms with van der Waals surface area (Å²) in [4.78, 5) is 0. The average molecular weight is 270 g/mol. The maximum Gasteiger partial charge on any atom is 0.118 e. The quantitative estimate of drug-likeness (QED) is 0.448. The fourth-order valence-corrected chi connectivity index (χ4v) is 1.85. The molecule has 0 bridgehead atoms. The molecule has 0 fully saturated rings. The number of hydrogen-bond donors (Lipinski definition) is 3. The van der Waals surface area contributed by atoms with Crippen LogP contribution in [0.1, 0.15) is 5.56 Å². The van der Waals surface area contributed by atoms with Crippen LogP contribution in [0.4, 0.5) is 11.4 Å². The van der Waals surface area contributed by atoms with E-state index in [-0.39, 0.29) is 0 Å². The van der Waals surface area contributed by atoms with Gasteiger partial charge in [0.1, 0.15) is 5.75 Å². The number of hydrogen-bond acceptors (Lipinski definition) is 5. The van der Waals surface area contributed by atoms with Crippen LogP contribution in [0.25, 0.3) is 5.70 Å². The molecule has 20 heavy (non-hydrogen) atoms. The van der Waals surface area contributed by atoms with Crippen molar-refractivity contribution in [2.45, 2.75) is 0 Å². The average Bonchev–Trinajstić information content (AvgIpc) is 2.49. The highest BCUT2D eigenvalue weighted by Crippen LogP contribution is 2.24. The van der Waals surface area contributed by atoms with E-state index in [4.69, 9.17) is 22.0 Å². The monoisotopic (exact) mass is 270 g/mol. The van der Waals surface area contributed by atoms with E-state index in [9.17, 15) is 0 Å². The van der Waals surface area contributed by atoms with Gasteiger partial charge in [0, 0.05) is 17.5 Å². The summed E-state index contributed by atoms with van der Waals surface area (Å²) in [6, 6.07) is 14.8. The van der Waals surface area contributed by atoms with Gasteiger partial charge in [0.15, 0.2) is 0 Å². The zero-order chi connectivity index (χ0) is 14.5. The summed E-state index contributed by atoms with van der Waals surface area (Å²) in [7, 11) is 1.62. The van der Waals surface area contributed by atoms with Crippen LogP contribution < -0.4 is 27.1 Å². The summed E-state index contributed by atoms with van der Waals surface area (Å²) in [6.45, 7) is 0. The lowest BCUT2D eigenvalue weighted by Crippen LogP contribution is -2.29. The second kappa shape index (κ2) is 5.99. The largest absolute Gasteiger partial charge is 0.497 e. The zero-order valence-electron chi connectivity index (χ0n) is 11.3. The molecule has 2 aromatic carbocycles. The van der Waals surface area contributed by atoms with Gasteiger partial charge >= 0.3 is 0 Å². The van der Waals surface area contributed by atoms with E-state index >= 15 is 0 Å². The molecule has 5 heteroatoms. The number of nitrogens with zero attached hydrogens (tertiary/aromatic N) is 1. The molecule has 0 aromatic heterocycles. The minimum atomic E-state index is 0.685. The number of benzene rings is 2. The number of rotatable bonds is 4. The van der Waals surface area contributed by atoms with Crippen LogP contribution in [0.2, 0.25) is 0 Å². The SMILES string of the molecule is COc1ccc(/C(=C/N)N(N)c2ccc(N)cc2)cc1. The van der Waals surface area contributed by atoms with Crippen molar-refractivity contribution in [3.63, 3.8) is 0 Å². The third-order valence-electron chi connectivity index (χ3n) is 2.97. The third kappa shape index (κ3) is 2.84. The molecule has 5 nitrogen and oxygen atoms in total. The van der Waals surface area contributed by atoms with Crippen molar-refractivity contribution >= 4 is 17.1 Å². The standard InChI is InChI=1S/C15H18N4O/c1-20-14-8-2-11(3-9-14)15(10-16)19(18)13-6-4-12(17)5-7-13/h2-10H,16-18H2,1H3/b15-10-. The van der Waals surface area contributed by atoms with E-state index < -0.39 is 0 Å². The summed E-state index contributed by atoms with van der Waals surface area (Å²) in [5.41, 5.74) is 14.4. The van der Waals surface area contributed by atoms with Gasteiger partial charge in [0.05, 0.1) is 18.5 Å². The second-order valence-electron chi connectivity index (χ2n) is 4.24. The van der Waals surface area contributed by atoms with Gasteiger partial charge in [0.25, 0.3) is 0 Å². The predicted molar refractivity (Wildman–Crippen MR) is 82.7 cm³/mol. The predicted octanol–water partition coefficient (Wildman–Crippen LogP) is 1.91. The van der Waals surface area contributed by atoms with Crippen molar-refractivity contribution in [2.75, 3.05) is 17.9 Å². The van der Waals surface area contributed by atoms with E-state index in [2.05, 4.69) is 0 Å². The van der Waals surface area contributed by atoms with Crippen molar-refractivity contribution in [2.24, 2.45) is 11.6 Å². The van der Waals surface area contributed by atoms with E-state index in [1.807, 2.05) is 36.4 Å². The maximum absolute atomic E-state index is 6.12. The molecule has 0 unspecified atom stereocenters. The summed E-state index contributed by atoms with van der Waals surface area (Å²) < 4.78 is 5.13. The molecule has 0 aliphatic heterocycles. The van der Waals surface area contributed by atoms with Crippen LogP contribution in [-0.2, 0) is 0 Å². The Morgan fingerprint density at radius 1 is 1.05 bits per heavy atom. The number of methoxy groups -OCH3 is 1. The van der Waals surface area contributed by atoms with E-state index in [0.29, 0.717) is 11.4 Å². The molecule has 6 N–H and O–H groups in total. The number of ether oxygens (including phenoxy) is 1. The molecule has 0 heterocycles. The lowest BCUT2D eigenvalue weighted by molar-refractivity contribution is 0.415. The first kappa shape index (κ1) is 13.8. The Hall–Kier alpha value is -2.66. The van der Waals surface area contributed by atoms with E-state index in [0.717, 1.165) is 17.0 Å². The minimum absolute atomic E-state index is 0.685. The number of nitrogens with two attached hydrogens (primary N) is 3. The van der Waals surface area contributed by atoms with Crippen LogP contribution in [0.15, 0.2) is 54.7 Å². The van der Waals surface area contributed by atoms with Crippen LogP contribution >= 0.6 is 0 Å². The summed E-state index contributed by atoms with van der Waals surface area (Å²) in [5.74, 6) is 6.89. The normalized spacial score (nSPS) is 11.2. The molecule has 0 saturated heterocycles. The summed E-state index contributed by atoms with van der Waals surface area (Å²) >= 11 is 0. The molecule has 0 saturated carbocycles. The Kier molecular flexibility index (Phi) is 4.12. The van der Waals surface area contributed by atoms with Crippen LogP contribution in [0.5, 0.6) is 5.75 Å². The Balaban J connectivity index is 2.29. The van der Waals surface area contributed by atoms with Crippen molar-refractivity contribution in [1.29, 1.82) is 0 Å². The maximum atomic E-state index is 6.12. The smallest absolute Gasteiger partial charge is 0.118 e. The van der Waals surface area contributed by atoms with Gasteiger partial charge < -0.3 is 16.2 Å². The first-order valence-electron chi connectivity index (χ1n) is 6.12. The van der Waals surface area contributed by atoms with Gasteiger partial charge in [-0.15, -0.1) is 0 Å². The highest BCUT2D eigenvalue weighted by Gasteiger charge is 2.10. The second-order valence-corrected chi connectivity index (χ2v) is 4.24. The molecular formula is C15H18N4O. The third-order valence-corrected chi connectivity index (χ3v) is 2.97. The van der Waals surface area contributed by atoms with E-state index in [1.54, 1.807) is 19.2 Å². The van der Waals surface area contributed by atoms with Crippen molar-refractivity contribution in [3.05, 3.63) is 60.3 Å². The minimum Gasteiger partial charge on any atom is -0.497 e. The number of anilines is 2. The molecule has 2 aromatic rings. The van der Waals surface area contributed by atoms with Gasteiger partial charge in [-0.25, -0.2) is 5.84 Å². The first-order valence-corrected chi connectivity index (χ1v) is 6.12. The molecule has 0 aliphatic carbocycles. The van der Waals surface area contributed by atoms with Crippen molar-refractivity contribution < 1.29 is 4.74 Å². The van der Waals surface area contributed by atoms with Gasteiger partial charge in [-0.3, -0.25) is 5.01 Å². The van der Waals surface area contributed by atoms with Gasteiger partial charge in [-0.05, 0) is 48.5 Å². The molecular weight excluding hydrogens is 252 g/mol. The van der Waals surface area contributed by atoms with E-state index in [1.165, 1.54) is 11.2 Å². The van der Waals surface area contributed by atoms with Crippen molar-refractivity contribution in [1.82, 2.24) is 0 Å². The Bertz CT molecular complexity index is 590. The Morgan fingerprint density at radius 3 is 2.15 bits per heavy atom. The molecule has 0 amide bonds. The molecule has 2 rings (SSSR count). The topological polar surface area (TPSA) is 90.5 Å². The lowest BCUT2D eigenvalue weighted by atomic mass is 10.1. The summed E-state index contributed by atoms with van der Waals surface area (Å²) in [5, 5.41) is 1.52. The van der Waals surface area contributed by atoms with Gasteiger partial charge in [-0.2, -0.15) is 0 Å². The van der Waals surface area contributed by atoms with Crippen LogP contribution in [0, 0.1) is 0 Å². The van der Waals surface area contributed by atoms with Crippen LogP contribution in [0.3, 0.4) is 0 Å². The van der Waals surface area contributed by atoms with Crippen molar-refractivity contribution in [3.8, 4) is 5.75 Å². The molecule has 104 valence electrons. The molecule has 0 atom stereocenters. The Labute approximate surface area is 118 Å². The Morgan fingerprint density at radius 2 is 1.65 bits per heavy atom. The molecule has 0 aliphatic rings. The highest BCUT2D eigenvalue weighted by molar-refractivity contribution is 5.78. The number of nitrogen functional groups attached to an aromatic ring is 1. The molecule has 0 spiro atoms. The highest BCUT2D eigenvalue weighted by atomic mass is 16.5. The number of hydrazine groups is 1. The lowest BCUT2D eigenvalue weighted by Gasteiger charge is -2.22. The molecule has 0 radical (unpaired) electrons. The van der Waals surface area contributed by atoms with Crippen LogP contribution in [-0.4, -0.2) is 7.11 Å². The zero-order valence-corrected chi connectivity index (χ0v) is 11.3. The fraction of sp³-hybridized carbons (Fsp3) is 0.0667. The first-order chi connectivity index (χ1) is 9.65. The summed E-state index contributed by atoms with van der Waals surface area (Å²) in [6.07, 6.45) is 1.47.